The lowest BCUT2D eigenvalue weighted by molar-refractivity contribution is -0.144. The normalized spacial score (nSPS) is 12.3. The average Bonchev–Trinajstić information content (AvgIpc) is 2.63. The standard InChI is InChI=1S/C11H18N4O3/c1-6(2)8(11(17)18-4)13-10(16)9-7(12)5-15(3)14-9/h5-6,8H,12H2,1-4H3,(H,13,16). The Kier molecular flexibility index (Phi) is 4.30. The van der Waals surface area contributed by atoms with Crippen LogP contribution >= 0.6 is 0 Å². The maximum atomic E-state index is 11.9. The van der Waals surface area contributed by atoms with Crippen LogP contribution in [0.3, 0.4) is 0 Å². The number of carbonyl (C=O) groups is 2. The molecule has 100 valence electrons. The van der Waals surface area contributed by atoms with Crippen LogP contribution in [0.5, 0.6) is 0 Å². The minimum Gasteiger partial charge on any atom is -0.467 e. The monoisotopic (exact) mass is 254 g/mol. The smallest absolute Gasteiger partial charge is 0.328 e. The minimum atomic E-state index is -0.719. The number of amides is 1. The van der Waals surface area contributed by atoms with Crippen molar-refractivity contribution in [1.82, 2.24) is 15.1 Å². The van der Waals surface area contributed by atoms with Crippen molar-refractivity contribution in [3.8, 4) is 0 Å². The SMILES string of the molecule is COC(=O)C(NC(=O)c1nn(C)cc1N)C(C)C. The molecule has 7 nitrogen and oxygen atoms in total. The first kappa shape index (κ1) is 14.0. The van der Waals surface area contributed by atoms with Crippen molar-refractivity contribution in [3.05, 3.63) is 11.9 Å². The highest BCUT2D eigenvalue weighted by Gasteiger charge is 2.27. The van der Waals surface area contributed by atoms with E-state index in [0.29, 0.717) is 0 Å². The number of carbonyl (C=O) groups excluding carboxylic acids is 2. The lowest BCUT2D eigenvalue weighted by atomic mass is 10.0. The molecular weight excluding hydrogens is 236 g/mol. The fourth-order valence-corrected chi connectivity index (χ4v) is 1.52. The second kappa shape index (κ2) is 5.52. The van der Waals surface area contributed by atoms with Crippen LogP contribution in [0.15, 0.2) is 6.20 Å². The molecular formula is C11H18N4O3. The number of hydrogen-bond donors (Lipinski definition) is 2. The van der Waals surface area contributed by atoms with Crippen LogP contribution in [0.2, 0.25) is 0 Å². The average molecular weight is 254 g/mol. The van der Waals surface area contributed by atoms with E-state index in [-0.39, 0.29) is 17.3 Å². The van der Waals surface area contributed by atoms with Crippen molar-refractivity contribution in [3.63, 3.8) is 0 Å². The van der Waals surface area contributed by atoms with Crippen molar-refractivity contribution in [2.45, 2.75) is 19.9 Å². The van der Waals surface area contributed by atoms with Crippen LogP contribution in [-0.2, 0) is 16.6 Å². The fraction of sp³-hybridized carbons (Fsp3) is 0.545. The molecule has 1 aromatic rings. The predicted octanol–water partition coefficient (Wildman–Crippen LogP) is -0.0703. The zero-order valence-corrected chi connectivity index (χ0v) is 10.9. The molecule has 0 fully saturated rings. The largest absolute Gasteiger partial charge is 0.467 e. The van der Waals surface area contributed by atoms with Crippen molar-refractivity contribution in [1.29, 1.82) is 0 Å². The van der Waals surface area contributed by atoms with Gasteiger partial charge in [0.15, 0.2) is 5.69 Å². The van der Waals surface area contributed by atoms with Crippen molar-refractivity contribution >= 4 is 17.6 Å². The molecule has 0 aliphatic heterocycles. The number of ether oxygens (including phenoxy) is 1. The second-order valence-electron chi connectivity index (χ2n) is 4.33. The molecule has 1 rings (SSSR count). The molecule has 0 radical (unpaired) electrons. The number of nitrogen functional groups attached to an aromatic ring is 1. The van der Waals surface area contributed by atoms with Crippen LogP contribution in [0.4, 0.5) is 5.69 Å². The van der Waals surface area contributed by atoms with Gasteiger partial charge in [-0.1, -0.05) is 13.8 Å². The third-order valence-corrected chi connectivity index (χ3v) is 2.48. The number of aryl methyl sites for hydroxylation is 1. The molecule has 0 saturated carbocycles. The van der Waals surface area contributed by atoms with E-state index in [4.69, 9.17) is 5.73 Å². The summed E-state index contributed by atoms with van der Waals surface area (Å²) in [5.74, 6) is -1.07. The summed E-state index contributed by atoms with van der Waals surface area (Å²) in [6, 6.07) is -0.719. The van der Waals surface area contributed by atoms with E-state index in [0.717, 1.165) is 0 Å². The summed E-state index contributed by atoms with van der Waals surface area (Å²) in [6.45, 7) is 3.62. The number of rotatable bonds is 4. The molecule has 0 spiro atoms. The predicted molar refractivity (Wildman–Crippen MR) is 65.7 cm³/mol. The molecule has 1 aromatic heterocycles. The van der Waals surface area contributed by atoms with Gasteiger partial charge in [0.1, 0.15) is 6.04 Å². The molecule has 1 atom stereocenters. The molecule has 0 bridgehead atoms. The Morgan fingerprint density at radius 3 is 2.50 bits per heavy atom. The lowest BCUT2D eigenvalue weighted by Gasteiger charge is -2.19. The molecule has 1 heterocycles. The Bertz CT molecular complexity index is 453. The van der Waals surface area contributed by atoms with Crippen molar-refractivity contribution in [2.75, 3.05) is 12.8 Å². The fourth-order valence-electron chi connectivity index (χ4n) is 1.52. The topological polar surface area (TPSA) is 99.2 Å². The third kappa shape index (κ3) is 2.99. The van der Waals surface area contributed by atoms with Gasteiger partial charge in [-0.2, -0.15) is 5.10 Å². The Labute approximate surface area is 105 Å². The number of aromatic nitrogens is 2. The van der Waals surface area contributed by atoms with Crippen LogP contribution < -0.4 is 11.1 Å². The zero-order chi connectivity index (χ0) is 13.9. The summed E-state index contributed by atoms with van der Waals surface area (Å²) in [4.78, 5) is 23.5. The Balaban J connectivity index is 2.85. The quantitative estimate of drug-likeness (QED) is 0.733. The first-order chi connectivity index (χ1) is 8.36. The van der Waals surface area contributed by atoms with Gasteiger partial charge in [-0.3, -0.25) is 9.48 Å². The summed E-state index contributed by atoms with van der Waals surface area (Å²) in [6.07, 6.45) is 1.53. The van der Waals surface area contributed by atoms with Gasteiger partial charge in [0.25, 0.3) is 5.91 Å². The Morgan fingerprint density at radius 2 is 2.11 bits per heavy atom. The first-order valence-corrected chi connectivity index (χ1v) is 5.54. The molecule has 0 aromatic carbocycles. The summed E-state index contributed by atoms with van der Waals surface area (Å²) in [7, 11) is 2.94. The Morgan fingerprint density at radius 1 is 1.50 bits per heavy atom. The highest BCUT2D eigenvalue weighted by atomic mass is 16.5. The summed E-state index contributed by atoms with van der Waals surface area (Å²) in [5, 5.41) is 6.50. The third-order valence-electron chi connectivity index (χ3n) is 2.48. The Hall–Kier alpha value is -2.05. The number of hydrogen-bond acceptors (Lipinski definition) is 5. The van der Waals surface area contributed by atoms with E-state index in [1.54, 1.807) is 7.05 Å². The number of anilines is 1. The van der Waals surface area contributed by atoms with Gasteiger partial charge in [-0.05, 0) is 5.92 Å². The van der Waals surface area contributed by atoms with E-state index in [9.17, 15) is 9.59 Å². The second-order valence-corrected chi connectivity index (χ2v) is 4.33. The van der Waals surface area contributed by atoms with Crippen molar-refractivity contribution in [2.24, 2.45) is 13.0 Å². The van der Waals surface area contributed by atoms with Crippen molar-refractivity contribution < 1.29 is 14.3 Å². The molecule has 1 unspecified atom stereocenters. The van der Waals surface area contributed by atoms with Gasteiger partial charge >= 0.3 is 5.97 Å². The molecule has 18 heavy (non-hydrogen) atoms. The highest BCUT2D eigenvalue weighted by Crippen LogP contribution is 2.10. The number of methoxy groups -OCH3 is 1. The molecule has 0 aliphatic carbocycles. The number of nitrogens with zero attached hydrogens (tertiary/aromatic N) is 2. The van der Waals surface area contributed by atoms with E-state index >= 15 is 0 Å². The molecule has 3 N–H and O–H groups in total. The number of nitrogens with two attached hydrogens (primary N) is 1. The maximum absolute atomic E-state index is 11.9. The van der Waals surface area contributed by atoms with Gasteiger partial charge in [0.2, 0.25) is 0 Å². The van der Waals surface area contributed by atoms with Crippen LogP contribution in [0.25, 0.3) is 0 Å². The van der Waals surface area contributed by atoms with E-state index in [1.807, 2.05) is 13.8 Å². The van der Waals surface area contributed by atoms with Gasteiger partial charge in [-0.15, -0.1) is 0 Å². The summed E-state index contributed by atoms with van der Waals surface area (Å²) < 4.78 is 6.07. The van der Waals surface area contributed by atoms with Crippen LogP contribution in [0.1, 0.15) is 24.3 Å². The molecule has 1 amide bonds. The van der Waals surface area contributed by atoms with Gasteiger partial charge < -0.3 is 15.8 Å². The number of esters is 1. The molecule has 0 saturated heterocycles. The molecule has 0 aliphatic rings. The van der Waals surface area contributed by atoms with E-state index < -0.39 is 17.9 Å². The van der Waals surface area contributed by atoms with Gasteiger partial charge in [0, 0.05) is 13.2 Å². The van der Waals surface area contributed by atoms with Crippen LogP contribution in [0, 0.1) is 5.92 Å². The minimum absolute atomic E-state index is 0.0914. The van der Waals surface area contributed by atoms with E-state index in [1.165, 1.54) is 18.0 Å². The highest BCUT2D eigenvalue weighted by molar-refractivity contribution is 5.99. The summed E-state index contributed by atoms with van der Waals surface area (Å²) in [5.41, 5.74) is 6.01. The lowest BCUT2D eigenvalue weighted by Crippen LogP contribution is -2.45. The summed E-state index contributed by atoms with van der Waals surface area (Å²) >= 11 is 0. The zero-order valence-electron chi connectivity index (χ0n) is 10.9. The maximum Gasteiger partial charge on any atom is 0.328 e. The van der Waals surface area contributed by atoms with Gasteiger partial charge in [-0.25, -0.2) is 4.79 Å². The van der Waals surface area contributed by atoms with E-state index in [2.05, 4.69) is 15.2 Å². The molecule has 7 heteroatoms. The van der Waals surface area contributed by atoms with Crippen LogP contribution in [-0.4, -0.2) is 34.8 Å². The first-order valence-electron chi connectivity index (χ1n) is 5.54. The van der Waals surface area contributed by atoms with Gasteiger partial charge in [0.05, 0.1) is 12.8 Å². The number of nitrogens with one attached hydrogen (secondary N) is 1.